The molecule has 0 aliphatic rings. The van der Waals surface area contributed by atoms with Gasteiger partial charge in [0.05, 0.1) is 0 Å². The first-order valence-corrected chi connectivity index (χ1v) is 10.1. The Morgan fingerprint density at radius 1 is 0.633 bits per heavy atom. The van der Waals surface area contributed by atoms with Crippen LogP contribution in [0.2, 0.25) is 0 Å². The molecule has 0 radical (unpaired) electrons. The van der Waals surface area contributed by atoms with Crippen LogP contribution in [0.4, 0.5) is 11.9 Å². The van der Waals surface area contributed by atoms with Gasteiger partial charge < -0.3 is 22.1 Å². The van der Waals surface area contributed by atoms with Crippen LogP contribution in [0.3, 0.4) is 0 Å². The monoisotopic (exact) mass is 397 g/mol. The average Bonchev–Trinajstić information content (AvgIpc) is 2.79. The summed E-state index contributed by atoms with van der Waals surface area (Å²) in [4.78, 5) is 13.8. The topological polar surface area (TPSA) is 115 Å². The zero-order chi connectivity index (χ0) is 20.5. The van der Waals surface area contributed by atoms with Gasteiger partial charge in [-0.15, -0.1) is 0 Å². The highest BCUT2D eigenvalue weighted by molar-refractivity contribution is 6.25. The van der Waals surface area contributed by atoms with Gasteiger partial charge in [0.25, 0.3) is 0 Å². The molecular weight excluding hydrogens is 374 g/mol. The van der Waals surface area contributed by atoms with Gasteiger partial charge in [-0.2, -0.15) is 15.0 Å². The lowest BCUT2D eigenvalue weighted by molar-refractivity contribution is 0.948. The van der Waals surface area contributed by atoms with E-state index in [0.717, 1.165) is 10.9 Å². The lowest BCUT2D eigenvalue weighted by Crippen LogP contribution is -2.18. The molecule has 5 rings (SSSR count). The number of nitrogens with zero attached hydrogens (tertiary/aromatic N) is 3. The van der Waals surface area contributed by atoms with E-state index in [1.165, 1.54) is 26.9 Å². The molecule has 5 aromatic rings. The highest BCUT2D eigenvalue weighted by atomic mass is 15.2. The maximum absolute atomic E-state index is 5.64. The van der Waals surface area contributed by atoms with Gasteiger partial charge in [0.2, 0.25) is 11.9 Å². The largest absolute Gasteiger partial charge is 0.353 e. The van der Waals surface area contributed by atoms with Gasteiger partial charge in [0.15, 0.2) is 5.82 Å². The third-order valence-electron chi connectivity index (χ3n) is 5.26. The molecule has 0 bridgehead atoms. The predicted octanol–water partition coefficient (Wildman–Crippen LogP) is 3.18. The van der Waals surface area contributed by atoms with Gasteiger partial charge in [-0.05, 0) is 38.4 Å². The van der Waals surface area contributed by atoms with Gasteiger partial charge >= 0.3 is 0 Å². The summed E-state index contributed by atoms with van der Waals surface area (Å²) in [6.45, 7) is 2.15. The van der Waals surface area contributed by atoms with Crippen molar-refractivity contribution in [2.75, 3.05) is 36.8 Å². The first-order chi connectivity index (χ1) is 14.8. The van der Waals surface area contributed by atoms with Crippen LogP contribution < -0.4 is 22.1 Å². The molecule has 0 unspecified atom stereocenters. The van der Waals surface area contributed by atoms with Gasteiger partial charge in [-0.3, -0.25) is 0 Å². The third kappa shape index (κ3) is 3.14. The van der Waals surface area contributed by atoms with Crippen molar-refractivity contribution in [1.82, 2.24) is 15.0 Å². The summed E-state index contributed by atoms with van der Waals surface area (Å²) in [5.41, 5.74) is 12.2. The lowest BCUT2D eigenvalue weighted by atomic mass is 9.92. The lowest BCUT2D eigenvalue weighted by Gasteiger charge is -2.14. The van der Waals surface area contributed by atoms with Gasteiger partial charge in [0, 0.05) is 31.7 Å². The SMILES string of the molecule is NCCNc1nc(NCCN)nc(-c2ccc3ccc4cccc5ccc2c3c45)n1. The molecule has 7 nitrogen and oxygen atoms in total. The number of hydrogen-bond acceptors (Lipinski definition) is 7. The molecule has 4 aromatic carbocycles. The Morgan fingerprint density at radius 2 is 1.20 bits per heavy atom. The molecule has 6 N–H and O–H groups in total. The molecule has 30 heavy (non-hydrogen) atoms. The fourth-order valence-electron chi connectivity index (χ4n) is 3.95. The van der Waals surface area contributed by atoms with E-state index in [2.05, 4.69) is 80.2 Å². The fraction of sp³-hybridized carbons (Fsp3) is 0.174. The van der Waals surface area contributed by atoms with Gasteiger partial charge in [0.1, 0.15) is 0 Å². The van der Waals surface area contributed by atoms with E-state index < -0.39 is 0 Å². The molecule has 1 heterocycles. The first-order valence-electron chi connectivity index (χ1n) is 10.1. The molecule has 0 saturated heterocycles. The number of anilines is 2. The number of benzene rings is 4. The zero-order valence-corrected chi connectivity index (χ0v) is 16.5. The van der Waals surface area contributed by atoms with Crippen LogP contribution in [0.15, 0.2) is 54.6 Å². The van der Waals surface area contributed by atoms with Crippen LogP contribution in [0.25, 0.3) is 43.7 Å². The number of nitrogens with one attached hydrogen (secondary N) is 2. The Labute approximate surface area is 173 Å². The van der Waals surface area contributed by atoms with E-state index in [1.54, 1.807) is 0 Å². The Kier molecular flexibility index (Phi) is 4.74. The van der Waals surface area contributed by atoms with Crippen molar-refractivity contribution in [3.63, 3.8) is 0 Å². The molecule has 0 aliphatic heterocycles. The van der Waals surface area contributed by atoms with Crippen LogP contribution >= 0.6 is 0 Å². The van der Waals surface area contributed by atoms with Gasteiger partial charge in [-0.1, -0.05) is 48.5 Å². The molecule has 150 valence electrons. The summed E-state index contributed by atoms with van der Waals surface area (Å²) >= 11 is 0. The highest BCUT2D eigenvalue weighted by Crippen LogP contribution is 2.38. The number of nitrogens with two attached hydrogens (primary N) is 2. The Morgan fingerprint density at radius 3 is 1.83 bits per heavy atom. The molecule has 0 spiro atoms. The Balaban J connectivity index is 1.74. The van der Waals surface area contributed by atoms with Crippen molar-refractivity contribution < 1.29 is 0 Å². The molecule has 0 fully saturated rings. The standard InChI is InChI=1S/C23H23N7/c24-10-12-26-22-28-21(29-23(30-22)27-13-11-25)18-9-7-16-5-4-14-2-1-3-15-6-8-17(18)20(16)19(14)15/h1-9H,10-13,24-25H2,(H2,26,27,28,29,30). The van der Waals surface area contributed by atoms with E-state index in [0.29, 0.717) is 43.9 Å². The second kappa shape index (κ2) is 7.70. The minimum absolute atomic E-state index is 0.491. The van der Waals surface area contributed by atoms with Crippen molar-refractivity contribution in [2.24, 2.45) is 11.5 Å². The molecule has 0 amide bonds. The average molecular weight is 397 g/mol. The van der Waals surface area contributed by atoms with E-state index in [9.17, 15) is 0 Å². The van der Waals surface area contributed by atoms with E-state index in [1.807, 2.05) is 0 Å². The fourth-order valence-corrected chi connectivity index (χ4v) is 3.95. The van der Waals surface area contributed by atoms with Crippen molar-refractivity contribution in [3.05, 3.63) is 54.6 Å². The second-order valence-electron chi connectivity index (χ2n) is 7.21. The minimum Gasteiger partial charge on any atom is -0.353 e. The van der Waals surface area contributed by atoms with Crippen molar-refractivity contribution in [3.8, 4) is 11.4 Å². The highest BCUT2D eigenvalue weighted by Gasteiger charge is 2.15. The van der Waals surface area contributed by atoms with E-state index in [4.69, 9.17) is 11.5 Å². The molecule has 0 aliphatic carbocycles. The predicted molar refractivity (Wildman–Crippen MR) is 124 cm³/mol. The normalized spacial score (nSPS) is 11.5. The third-order valence-corrected chi connectivity index (χ3v) is 5.26. The summed E-state index contributed by atoms with van der Waals surface area (Å²) < 4.78 is 0. The van der Waals surface area contributed by atoms with E-state index in [-0.39, 0.29) is 0 Å². The molecule has 7 heteroatoms. The molecular formula is C23H23N7. The Hall–Kier alpha value is -3.55. The summed E-state index contributed by atoms with van der Waals surface area (Å²) in [7, 11) is 0. The number of aromatic nitrogens is 3. The smallest absolute Gasteiger partial charge is 0.228 e. The van der Waals surface area contributed by atoms with Crippen LogP contribution in [-0.2, 0) is 0 Å². The molecule has 0 atom stereocenters. The van der Waals surface area contributed by atoms with E-state index >= 15 is 0 Å². The van der Waals surface area contributed by atoms with Crippen LogP contribution in [0, 0.1) is 0 Å². The second-order valence-corrected chi connectivity index (χ2v) is 7.21. The summed E-state index contributed by atoms with van der Waals surface area (Å²) in [5.74, 6) is 1.60. The van der Waals surface area contributed by atoms with Crippen LogP contribution in [0.1, 0.15) is 0 Å². The molecule has 0 saturated carbocycles. The van der Waals surface area contributed by atoms with Crippen molar-refractivity contribution in [1.29, 1.82) is 0 Å². The first kappa shape index (κ1) is 18.5. The maximum atomic E-state index is 5.64. The molecule has 1 aromatic heterocycles. The Bertz CT molecular complexity index is 1290. The van der Waals surface area contributed by atoms with Crippen molar-refractivity contribution >= 4 is 44.2 Å². The number of rotatable bonds is 7. The van der Waals surface area contributed by atoms with Crippen LogP contribution in [-0.4, -0.2) is 41.1 Å². The maximum Gasteiger partial charge on any atom is 0.228 e. The quantitative estimate of drug-likeness (QED) is 0.312. The summed E-state index contributed by atoms with van der Waals surface area (Å²) in [6.07, 6.45) is 0. The summed E-state index contributed by atoms with van der Waals surface area (Å²) in [5, 5.41) is 13.6. The van der Waals surface area contributed by atoms with Crippen LogP contribution in [0.5, 0.6) is 0 Å². The summed E-state index contributed by atoms with van der Waals surface area (Å²) in [6, 6.07) is 19.3. The van der Waals surface area contributed by atoms with Crippen molar-refractivity contribution in [2.45, 2.75) is 0 Å². The minimum atomic E-state index is 0.491. The number of hydrogen-bond donors (Lipinski definition) is 4. The zero-order valence-electron chi connectivity index (χ0n) is 16.5. The van der Waals surface area contributed by atoms with Gasteiger partial charge in [-0.25, -0.2) is 0 Å².